The lowest BCUT2D eigenvalue weighted by molar-refractivity contribution is 0.468. The third kappa shape index (κ3) is 1.18. The first-order valence-corrected chi connectivity index (χ1v) is 5.05. The first kappa shape index (κ1) is 7.26. The first-order valence-electron chi connectivity index (χ1n) is 3.66. The predicted molar refractivity (Wildman–Crippen MR) is 40.9 cm³/mol. The molecule has 0 aromatic rings. The Kier molecular flexibility index (Phi) is 2.28. The van der Waals surface area contributed by atoms with Crippen molar-refractivity contribution in [3.8, 4) is 0 Å². The molecule has 1 saturated heterocycles. The van der Waals surface area contributed by atoms with Gasteiger partial charge in [-0.2, -0.15) is 0 Å². The fourth-order valence-electron chi connectivity index (χ4n) is 1.43. The largest absolute Gasteiger partial charge is 0.259 e. The molecule has 54 valence electrons. The molecule has 1 nitrogen and oxygen atoms in total. The van der Waals surface area contributed by atoms with Crippen molar-refractivity contribution in [2.75, 3.05) is 5.75 Å². The summed E-state index contributed by atoms with van der Waals surface area (Å²) in [5, 5.41) is 0.537. The molecular formula is C7H14OS. The van der Waals surface area contributed by atoms with Crippen molar-refractivity contribution in [2.45, 2.75) is 31.9 Å². The Balaban J connectivity index is 2.38. The van der Waals surface area contributed by atoms with Crippen LogP contribution in [0.3, 0.4) is 0 Å². The topological polar surface area (TPSA) is 17.1 Å². The van der Waals surface area contributed by atoms with Crippen LogP contribution in [-0.2, 0) is 10.8 Å². The van der Waals surface area contributed by atoms with E-state index < -0.39 is 10.8 Å². The van der Waals surface area contributed by atoms with Crippen molar-refractivity contribution in [1.29, 1.82) is 0 Å². The van der Waals surface area contributed by atoms with Gasteiger partial charge < -0.3 is 0 Å². The van der Waals surface area contributed by atoms with Gasteiger partial charge in [0, 0.05) is 21.8 Å². The summed E-state index contributed by atoms with van der Waals surface area (Å²) in [6, 6.07) is 0. The normalized spacial score (nSPS) is 42.2. The predicted octanol–water partition coefficient (Wildman–Crippen LogP) is 1.55. The molecular weight excluding hydrogens is 132 g/mol. The maximum Gasteiger partial charge on any atom is 0.0382 e. The monoisotopic (exact) mass is 146 g/mol. The fourth-order valence-corrected chi connectivity index (χ4v) is 3.30. The summed E-state index contributed by atoms with van der Waals surface area (Å²) >= 11 is 0. The van der Waals surface area contributed by atoms with Crippen molar-refractivity contribution in [3.05, 3.63) is 0 Å². The summed E-state index contributed by atoms with van der Waals surface area (Å²) in [5.74, 6) is 1.74. The Morgan fingerprint density at radius 3 is 2.33 bits per heavy atom. The zero-order valence-corrected chi connectivity index (χ0v) is 6.91. The molecule has 0 saturated carbocycles. The molecule has 0 amide bonds. The Hall–Kier alpha value is 0.150. The standard InChI is InChI=1S/C7H14OS/c1-3-6-5-9(8)7(6)4-2/h6-7H,3-5H2,1-2H3. The lowest BCUT2D eigenvalue weighted by Gasteiger charge is -2.34. The minimum Gasteiger partial charge on any atom is -0.259 e. The van der Waals surface area contributed by atoms with Crippen LogP contribution in [0, 0.1) is 5.92 Å². The van der Waals surface area contributed by atoms with Gasteiger partial charge in [0.15, 0.2) is 0 Å². The summed E-state index contributed by atoms with van der Waals surface area (Å²) in [7, 11) is -0.460. The highest BCUT2D eigenvalue weighted by Gasteiger charge is 2.35. The zero-order valence-electron chi connectivity index (χ0n) is 6.09. The van der Waals surface area contributed by atoms with Crippen LogP contribution < -0.4 is 0 Å². The maximum atomic E-state index is 10.9. The number of hydrogen-bond acceptors (Lipinski definition) is 1. The minimum atomic E-state index is -0.460. The van der Waals surface area contributed by atoms with E-state index in [1.807, 2.05) is 0 Å². The van der Waals surface area contributed by atoms with Gasteiger partial charge in [0.2, 0.25) is 0 Å². The first-order chi connectivity index (χ1) is 4.29. The Labute approximate surface area is 59.3 Å². The fraction of sp³-hybridized carbons (Fsp3) is 1.00. The molecule has 2 heteroatoms. The summed E-state index contributed by atoms with van der Waals surface area (Å²) < 4.78 is 10.9. The molecule has 3 unspecified atom stereocenters. The van der Waals surface area contributed by atoms with Crippen molar-refractivity contribution in [2.24, 2.45) is 5.92 Å². The molecule has 1 aliphatic rings. The second-order valence-electron chi connectivity index (χ2n) is 2.66. The molecule has 0 bridgehead atoms. The molecule has 1 rings (SSSR count). The van der Waals surface area contributed by atoms with Gasteiger partial charge in [-0.15, -0.1) is 0 Å². The van der Waals surface area contributed by atoms with Gasteiger partial charge in [-0.3, -0.25) is 4.21 Å². The summed E-state index contributed by atoms with van der Waals surface area (Å²) in [6.07, 6.45) is 2.31. The van der Waals surface area contributed by atoms with Gasteiger partial charge in [0.25, 0.3) is 0 Å². The van der Waals surface area contributed by atoms with Crippen molar-refractivity contribution in [3.63, 3.8) is 0 Å². The van der Waals surface area contributed by atoms with Crippen molar-refractivity contribution >= 4 is 10.8 Å². The van der Waals surface area contributed by atoms with Crippen LogP contribution in [0.2, 0.25) is 0 Å². The van der Waals surface area contributed by atoms with Crippen molar-refractivity contribution < 1.29 is 4.21 Å². The highest BCUT2D eigenvalue weighted by molar-refractivity contribution is 7.87. The second kappa shape index (κ2) is 2.82. The smallest absolute Gasteiger partial charge is 0.0382 e. The van der Waals surface area contributed by atoms with Crippen LogP contribution in [-0.4, -0.2) is 15.2 Å². The van der Waals surface area contributed by atoms with E-state index >= 15 is 0 Å². The lowest BCUT2D eigenvalue weighted by atomic mass is 10.0. The van der Waals surface area contributed by atoms with Gasteiger partial charge in [-0.25, -0.2) is 0 Å². The molecule has 0 aromatic carbocycles. The number of hydrogen-bond donors (Lipinski definition) is 0. The van der Waals surface area contributed by atoms with Gasteiger partial charge in [-0.05, 0) is 12.3 Å². The number of rotatable bonds is 2. The van der Waals surface area contributed by atoms with Crippen molar-refractivity contribution in [1.82, 2.24) is 0 Å². The highest BCUT2D eigenvalue weighted by atomic mass is 32.2. The minimum absolute atomic E-state index is 0.460. The van der Waals surface area contributed by atoms with E-state index in [0.29, 0.717) is 5.25 Å². The highest BCUT2D eigenvalue weighted by Crippen LogP contribution is 2.29. The summed E-state index contributed by atoms with van der Waals surface area (Å²) in [4.78, 5) is 0. The quantitative estimate of drug-likeness (QED) is 0.577. The molecule has 3 atom stereocenters. The van der Waals surface area contributed by atoms with Crippen LogP contribution >= 0.6 is 0 Å². The molecule has 1 fully saturated rings. The molecule has 0 aromatic heterocycles. The molecule has 0 radical (unpaired) electrons. The molecule has 0 spiro atoms. The SMILES string of the molecule is CCC1CS(=O)C1CC. The van der Waals surface area contributed by atoms with E-state index in [-0.39, 0.29) is 0 Å². The van der Waals surface area contributed by atoms with E-state index in [4.69, 9.17) is 0 Å². The van der Waals surface area contributed by atoms with E-state index in [2.05, 4.69) is 13.8 Å². The van der Waals surface area contributed by atoms with E-state index in [1.165, 1.54) is 6.42 Å². The van der Waals surface area contributed by atoms with E-state index in [0.717, 1.165) is 18.1 Å². The summed E-state index contributed by atoms with van der Waals surface area (Å²) in [6.45, 7) is 4.31. The van der Waals surface area contributed by atoms with Crippen LogP contribution in [0.1, 0.15) is 26.7 Å². The van der Waals surface area contributed by atoms with Crippen LogP contribution in [0.4, 0.5) is 0 Å². The third-order valence-corrected chi connectivity index (χ3v) is 4.32. The lowest BCUT2D eigenvalue weighted by Crippen LogP contribution is -2.41. The van der Waals surface area contributed by atoms with Crippen LogP contribution in [0.15, 0.2) is 0 Å². The Morgan fingerprint density at radius 2 is 2.11 bits per heavy atom. The average Bonchev–Trinajstić information content (AvgIpc) is 1.83. The van der Waals surface area contributed by atoms with Gasteiger partial charge in [-0.1, -0.05) is 20.3 Å². The Bertz CT molecular complexity index is 122. The van der Waals surface area contributed by atoms with Crippen LogP contribution in [0.25, 0.3) is 0 Å². The molecule has 0 aliphatic carbocycles. The van der Waals surface area contributed by atoms with Crippen LogP contribution in [0.5, 0.6) is 0 Å². The van der Waals surface area contributed by atoms with E-state index in [1.54, 1.807) is 0 Å². The zero-order chi connectivity index (χ0) is 6.85. The molecule has 0 N–H and O–H groups in total. The average molecular weight is 146 g/mol. The molecule has 9 heavy (non-hydrogen) atoms. The molecule has 1 aliphatic heterocycles. The maximum absolute atomic E-state index is 10.9. The summed E-state index contributed by atoms with van der Waals surface area (Å²) in [5.41, 5.74) is 0. The van der Waals surface area contributed by atoms with Gasteiger partial charge in [0.05, 0.1) is 0 Å². The Morgan fingerprint density at radius 1 is 1.44 bits per heavy atom. The third-order valence-electron chi connectivity index (χ3n) is 2.17. The second-order valence-corrected chi connectivity index (χ2v) is 4.36. The van der Waals surface area contributed by atoms with E-state index in [9.17, 15) is 4.21 Å². The van der Waals surface area contributed by atoms with Gasteiger partial charge in [0.1, 0.15) is 0 Å². The molecule has 1 heterocycles. The van der Waals surface area contributed by atoms with Gasteiger partial charge >= 0.3 is 0 Å².